The van der Waals surface area contributed by atoms with E-state index in [1.807, 2.05) is 43.3 Å². The summed E-state index contributed by atoms with van der Waals surface area (Å²) in [7, 11) is 1.46. The van der Waals surface area contributed by atoms with E-state index in [0.29, 0.717) is 37.2 Å². The SMILES string of the molecule is COC(=O)C1(c2cccc(C)c2)CCN(c2cnnc(-c3ccccc3O)c2)CC1. The summed E-state index contributed by atoms with van der Waals surface area (Å²) >= 11 is 0. The first-order valence-electron chi connectivity index (χ1n) is 10.0. The predicted octanol–water partition coefficient (Wildman–Crippen LogP) is 3.87. The van der Waals surface area contributed by atoms with E-state index in [9.17, 15) is 9.90 Å². The number of esters is 1. The van der Waals surface area contributed by atoms with Gasteiger partial charge in [-0.2, -0.15) is 10.2 Å². The van der Waals surface area contributed by atoms with Crippen molar-refractivity contribution in [2.24, 2.45) is 0 Å². The summed E-state index contributed by atoms with van der Waals surface area (Å²) in [4.78, 5) is 15.0. The number of hydrogen-bond donors (Lipinski definition) is 1. The number of hydrogen-bond acceptors (Lipinski definition) is 6. The zero-order chi connectivity index (χ0) is 21.1. The molecule has 1 aliphatic heterocycles. The molecule has 1 aliphatic rings. The van der Waals surface area contributed by atoms with Gasteiger partial charge in [0.05, 0.1) is 30.1 Å². The van der Waals surface area contributed by atoms with Crippen molar-refractivity contribution in [3.63, 3.8) is 0 Å². The number of piperidine rings is 1. The van der Waals surface area contributed by atoms with Crippen molar-refractivity contribution in [2.45, 2.75) is 25.2 Å². The number of anilines is 1. The number of phenolic OH excluding ortho intramolecular Hbond substituents is 1. The summed E-state index contributed by atoms with van der Waals surface area (Å²) < 4.78 is 5.21. The summed E-state index contributed by atoms with van der Waals surface area (Å²) in [5, 5.41) is 18.5. The molecular weight excluding hydrogens is 378 g/mol. The zero-order valence-corrected chi connectivity index (χ0v) is 17.2. The number of ether oxygens (including phenoxy) is 1. The molecule has 6 heteroatoms. The minimum atomic E-state index is -0.641. The van der Waals surface area contributed by atoms with E-state index in [2.05, 4.69) is 21.2 Å². The largest absolute Gasteiger partial charge is 0.507 e. The number of phenols is 1. The first-order chi connectivity index (χ1) is 14.5. The molecular formula is C24H25N3O3. The van der Waals surface area contributed by atoms with Crippen LogP contribution in [0.25, 0.3) is 11.3 Å². The maximum Gasteiger partial charge on any atom is 0.316 e. The molecule has 0 spiro atoms. The number of aromatic hydroxyl groups is 1. The lowest BCUT2D eigenvalue weighted by atomic mass is 9.72. The van der Waals surface area contributed by atoms with Crippen LogP contribution in [0.2, 0.25) is 0 Å². The number of aryl methyl sites for hydroxylation is 1. The standard InChI is InChI=1S/C24H25N3O3/c1-17-6-5-7-18(14-17)24(23(29)30-2)10-12-27(13-11-24)19-15-21(26-25-16-19)20-8-3-4-9-22(20)28/h3-9,14-16,28H,10-13H2,1-2H3. The number of aromatic nitrogens is 2. The Bertz CT molecular complexity index is 1060. The minimum Gasteiger partial charge on any atom is -0.507 e. The molecule has 1 saturated heterocycles. The normalized spacial score (nSPS) is 15.6. The summed E-state index contributed by atoms with van der Waals surface area (Å²) in [5.41, 5.74) is 3.69. The molecule has 6 nitrogen and oxygen atoms in total. The van der Waals surface area contributed by atoms with Gasteiger partial charge in [-0.05, 0) is 43.5 Å². The summed E-state index contributed by atoms with van der Waals surface area (Å²) in [5.74, 6) is -0.0118. The molecule has 0 bridgehead atoms. The molecule has 2 aromatic carbocycles. The zero-order valence-electron chi connectivity index (χ0n) is 17.2. The maximum absolute atomic E-state index is 12.8. The fourth-order valence-corrected chi connectivity index (χ4v) is 4.25. The lowest BCUT2D eigenvalue weighted by Gasteiger charge is -2.41. The molecule has 4 rings (SSSR count). The van der Waals surface area contributed by atoms with E-state index >= 15 is 0 Å². The molecule has 1 fully saturated rings. The van der Waals surface area contributed by atoms with Gasteiger partial charge < -0.3 is 14.7 Å². The molecule has 0 unspecified atom stereocenters. The molecule has 2 heterocycles. The van der Waals surface area contributed by atoms with Crippen molar-refractivity contribution in [1.82, 2.24) is 10.2 Å². The molecule has 0 saturated carbocycles. The Morgan fingerprint density at radius 2 is 1.87 bits per heavy atom. The molecule has 0 amide bonds. The molecule has 0 radical (unpaired) electrons. The van der Waals surface area contributed by atoms with Gasteiger partial charge in [-0.15, -0.1) is 0 Å². The maximum atomic E-state index is 12.8. The van der Waals surface area contributed by atoms with E-state index in [-0.39, 0.29) is 11.7 Å². The van der Waals surface area contributed by atoms with Crippen LogP contribution in [0.4, 0.5) is 5.69 Å². The Morgan fingerprint density at radius 3 is 2.57 bits per heavy atom. The van der Waals surface area contributed by atoms with Crippen molar-refractivity contribution in [2.75, 3.05) is 25.1 Å². The van der Waals surface area contributed by atoms with E-state index in [0.717, 1.165) is 16.8 Å². The highest BCUT2D eigenvalue weighted by molar-refractivity contribution is 5.84. The van der Waals surface area contributed by atoms with Gasteiger partial charge >= 0.3 is 5.97 Å². The van der Waals surface area contributed by atoms with Crippen LogP contribution in [0.3, 0.4) is 0 Å². The average molecular weight is 403 g/mol. The Kier molecular flexibility index (Phi) is 5.40. The van der Waals surface area contributed by atoms with E-state index < -0.39 is 5.41 Å². The van der Waals surface area contributed by atoms with Gasteiger partial charge in [0.1, 0.15) is 5.75 Å². The molecule has 0 atom stereocenters. The van der Waals surface area contributed by atoms with Crippen LogP contribution in [0.15, 0.2) is 60.8 Å². The minimum absolute atomic E-state index is 0.173. The van der Waals surface area contributed by atoms with Crippen LogP contribution >= 0.6 is 0 Å². The quantitative estimate of drug-likeness (QED) is 0.667. The number of carbonyl (C=O) groups excluding carboxylic acids is 1. The van der Waals surface area contributed by atoms with Crippen LogP contribution in [0, 0.1) is 6.92 Å². The highest BCUT2D eigenvalue weighted by Gasteiger charge is 2.44. The number of rotatable bonds is 4. The molecule has 0 aliphatic carbocycles. The number of nitrogens with zero attached hydrogens (tertiary/aromatic N) is 3. The van der Waals surface area contributed by atoms with Crippen molar-refractivity contribution in [3.05, 3.63) is 71.9 Å². The summed E-state index contributed by atoms with van der Waals surface area (Å²) in [6.07, 6.45) is 3.02. The summed E-state index contributed by atoms with van der Waals surface area (Å²) in [6, 6.07) is 17.1. The molecule has 30 heavy (non-hydrogen) atoms. The van der Waals surface area contributed by atoms with Crippen molar-refractivity contribution in [1.29, 1.82) is 0 Å². The van der Waals surface area contributed by atoms with Crippen LogP contribution in [0.5, 0.6) is 5.75 Å². The van der Waals surface area contributed by atoms with E-state index in [4.69, 9.17) is 4.74 Å². The van der Waals surface area contributed by atoms with E-state index in [1.165, 1.54) is 7.11 Å². The first kappa shape index (κ1) is 19.9. The molecule has 1 aromatic heterocycles. The van der Waals surface area contributed by atoms with Gasteiger partial charge in [0.15, 0.2) is 0 Å². The predicted molar refractivity (Wildman–Crippen MR) is 115 cm³/mol. The lowest BCUT2D eigenvalue weighted by molar-refractivity contribution is -0.148. The summed E-state index contributed by atoms with van der Waals surface area (Å²) in [6.45, 7) is 3.41. The number of carbonyl (C=O) groups is 1. The van der Waals surface area contributed by atoms with Gasteiger partial charge in [0.25, 0.3) is 0 Å². The Labute approximate surface area is 176 Å². The Hall–Kier alpha value is -3.41. The van der Waals surface area contributed by atoms with Gasteiger partial charge in [-0.25, -0.2) is 0 Å². The topological polar surface area (TPSA) is 75.5 Å². The highest BCUT2D eigenvalue weighted by atomic mass is 16.5. The van der Waals surface area contributed by atoms with Gasteiger partial charge in [-0.1, -0.05) is 42.0 Å². The third kappa shape index (κ3) is 3.61. The third-order valence-corrected chi connectivity index (χ3v) is 5.95. The third-order valence-electron chi connectivity index (χ3n) is 5.95. The highest BCUT2D eigenvalue weighted by Crippen LogP contribution is 2.39. The number of methoxy groups -OCH3 is 1. The second-order valence-electron chi connectivity index (χ2n) is 7.75. The van der Waals surface area contributed by atoms with Crippen LogP contribution in [-0.2, 0) is 14.9 Å². The second kappa shape index (κ2) is 8.14. The first-order valence-corrected chi connectivity index (χ1v) is 10.0. The smallest absolute Gasteiger partial charge is 0.316 e. The van der Waals surface area contributed by atoms with Gasteiger partial charge in [-0.3, -0.25) is 4.79 Å². The second-order valence-corrected chi connectivity index (χ2v) is 7.75. The fraction of sp³-hybridized carbons (Fsp3) is 0.292. The van der Waals surface area contributed by atoms with Crippen LogP contribution in [-0.4, -0.2) is 41.5 Å². The van der Waals surface area contributed by atoms with Gasteiger partial charge in [0.2, 0.25) is 0 Å². The Balaban J connectivity index is 1.60. The van der Waals surface area contributed by atoms with Gasteiger partial charge in [0, 0.05) is 18.7 Å². The number of para-hydroxylation sites is 1. The lowest BCUT2D eigenvalue weighted by Crippen LogP contribution is -2.48. The van der Waals surface area contributed by atoms with E-state index in [1.54, 1.807) is 18.3 Å². The van der Waals surface area contributed by atoms with Crippen molar-refractivity contribution in [3.8, 4) is 17.0 Å². The van der Waals surface area contributed by atoms with Crippen LogP contribution < -0.4 is 4.90 Å². The molecule has 1 N–H and O–H groups in total. The van der Waals surface area contributed by atoms with Crippen molar-refractivity contribution < 1.29 is 14.6 Å². The van der Waals surface area contributed by atoms with Crippen molar-refractivity contribution >= 4 is 11.7 Å². The van der Waals surface area contributed by atoms with Crippen LogP contribution in [0.1, 0.15) is 24.0 Å². The Morgan fingerprint density at radius 1 is 1.10 bits per heavy atom. The number of benzene rings is 2. The monoisotopic (exact) mass is 403 g/mol. The molecule has 3 aromatic rings. The molecule has 154 valence electrons. The fourth-order valence-electron chi connectivity index (χ4n) is 4.25. The average Bonchev–Trinajstić information content (AvgIpc) is 2.79.